The number of nitrogens with one attached hydrogen (secondary N) is 2. The van der Waals surface area contributed by atoms with Gasteiger partial charge in [-0.25, -0.2) is 13.1 Å². The molecule has 2 aromatic carbocycles. The fraction of sp³-hybridized carbons (Fsp3) is 0.211. The number of hydrogen-bond acceptors (Lipinski definition) is 6. The maximum atomic E-state index is 12.3. The van der Waals surface area contributed by atoms with Crippen molar-refractivity contribution in [3.8, 4) is 0 Å². The molecule has 0 bridgehead atoms. The van der Waals surface area contributed by atoms with Crippen molar-refractivity contribution >= 4 is 33.5 Å². The summed E-state index contributed by atoms with van der Waals surface area (Å²) in [6, 6.07) is 13.8. The molecule has 4 N–H and O–H groups in total. The normalized spacial score (nSPS) is 12.0. The van der Waals surface area contributed by atoms with Gasteiger partial charge in [0.1, 0.15) is 0 Å². The zero-order chi connectivity index (χ0) is 21.4. The van der Waals surface area contributed by atoms with Crippen LogP contribution in [0.15, 0.2) is 59.5 Å². The first-order chi connectivity index (χ1) is 13.7. The SMILES string of the molecule is CC(=O)Nc1ccc(S(=O)(=O)NCCC(=O)OC(C(N)=O)c2ccccc2)cc1. The summed E-state index contributed by atoms with van der Waals surface area (Å²) in [6.45, 7) is 1.11. The molecule has 0 saturated carbocycles. The van der Waals surface area contributed by atoms with Gasteiger partial charge in [0, 0.05) is 24.7 Å². The van der Waals surface area contributed by atoms with E-state index < -0.39 is 28.0 Å². The molecule has 0 radical (unpaired) electrons. The lowest BCUT2D eigenvalue weighted by Gasteiger charge is -2.15. The monoisotopic (exact) mass is 419 g/mol. The van der Waals surface area contributed by atoms with Crippen LogP contribution in [0, 0.1) is 0 Å². The van der Waals surface area contributed by atoms with E-state index in [0.717, 1.165) is 0 Å². The van der Waals surface area contributed by atoms with Crippen molar-refractivity contribution in [2.24, 2.45) is 5.73 Å². The fourth-order valence-electron chi connectivity index (χ4n) is 2.40. The van der Waals surface area contributed by atoms with E-state index in [2.05, 4.69) is 10.0 Å². The van der Waals surface area contributed by atoms with Crippen LogP contribution >= 0.6 is 0 Å². The largest absolute Gasteiger partial charge is 0.447 e. The first-order valence-corrected chi connectivity index (χ1v) is 10.1. The van der Waals surface area contributed by atoms with Gasteiger partial charge in [0.2, 0.25) is 22.0 Å². The van der Waals surface area contributed by atoms with Crippen LogP contribution in [0.3, 0.4) is 0 Å². The second-order valence-corrected chi connectivity index (χ2v) is 7.80. The zero-order valence-electron chi connectivity index (χ0n) is 15.6. The Morgan fingerprint density at radius 3 is 2.21 bits per heavy atom. The number of carbonyl (C=O) groups is 3. The van der Waals surface area contributed by atoms with Gasteiger partial charge < -0.3 is 15.8 Å². The van der Waals surface area contributed by atoms with Crippen LogP contribution < -0.4 is 15.8 Å². The fourth-order valence-corrected chi connectivity index (χ4v) is 3.43. The lowest BCUT2D eigenvalue weighted by molar-refractivity contribution is -0.155. The Hall–Kier alpha value is -3.24. The number of rotatable bonds is 9. The Morgan fingerprint density at radius 2 is 1.66 bits per heavy atom. The molecular weight excluding hydrogens is 398 g/mol. The first kappa shape index (κ1) is 22.1. The van der Waals surface area contributed by atoms with Crippen LogP contribution in [0.25, 0.3) is 0 Å². The summed E-state index contributed by atoms with van der Waals surface area (Å²) in [4.78, 5) is 34.5. The van der Waals surface area contributed by atoms with Crippen molar-refractivity contribution in [3.05, 3.63) is 60.2 Å². The molecule has 0 heterocycles. The van der Waals surface area contributed by atoms with Crippen molar-refractivity contribution in [2.45, 2.75) is 24.3 Å². The van der Waals surface area contributed by atoms with Crippen LogP contribution in [0.1, 0.15) is 25.0 Å². The summed E-state index contributed by atoms with van der Waals surface area (Å²) < 4.78 is 31.9. The third-order valence-corrected chi connectivity index (χ3v) is 5.19. The lowest BCUT2D eigenvalue weighted by Crippen LogP contribution is -2.29. The van der Waals surface area contributed by atoms with Gasteiger partial charge in [-0.1, -0.05) is 30.3 Å². The van der Waals surface area contributed by atoms with E-state index in [1.165, 1.54) is 31.2 Å². The van der Waals surface area contributed by atoms with Crippen molar-refractivity contribution in [1.82, 2.24) is 4.72 Å². The maximum Gasteiger partial charge on any atom is 0.308 e. The van der Waals surface area contributed by atoms with Crippen LogP contribution in [0.4, 0.5) is 5.69 Å². The van der Waals surface area contributed by atoms with E-state index in [1.54, 1.807) is 30.3 Å². The third kappa shape index (κ3) is 6.70. The number of amides is 2. The second kappa shape index (κ2) is 9.80. The molecular formula is C19H21N3O6S. The van der Waals surface area contributed by atoms with Gasteiger partial charge in [-0.05, 0) is 24.3 Å². The quantitative estimate of drug-likeness (QED) is 0.519. The number of benzene rings is 2. The Kier molecular flexibility index (Phi) is 7.46. The molecule has 0 aliphatic heterocycles. The van der Waals surface area contributed by atoms with Gasteiger partial charge in [-0.2, -0.15) is 0 Å². The predicted molar refractivity (Wildman–Crippen MR) is 105 cm³/mol. The predicted octanol–water partition coefficient (Wildman–Crippen LogP) is 1.08. The summed E-state index contributed by atoms with van der Waals surface area (Å²) >= 11 is 0. The van der Waals surface area contributed by atoms with Crippen LogP contribution in [0.5, 0.6) is 0 Å². The van der Waals surface area contributed by atoms with Gasteiger partial charge in [0.25, 0.3) is 5.91 Å². The lowest BCUT2D eigenvalue weighted by atomic mass is 10.1. The number of sulfonamides is 1. The molecule has 1 unspecified atom stereocenters. The average Bonchev–Trinajstić information content (AvgIpc) is 2.66. The molecule has 0 aliphatic rings. The molecule has 154 valence electrons. The Morgan fingerprint density at radius 1 is 1.03 bits per heavy atom. The number of anilines is 1. The average molecular weight is 419 g/mol. The number of carbonyl (C=O) groups excluding carboxylic acids is 3. The molecule has 1 atom stereocenters. The van der Waals surface area contributed by atoms with Gasteiger partial charge in [0.15, 0.2) is 0 Å². The standard InChI is InChI=1S/C19H21N3O6S/c1-13(23)22-15-7-9-16(10-8-15)29(26,27)21-12-11-17(24)28-18(19(20)25)14-5-3-2-4-6-14/h2-10,18,21H,11-12H2,1H3,(H2,20,25)(H,22,23). The molecule has 0 fully saturated rings. The molecule has 29 heavy (non-hydrogen) atoms. The number of primary amides is 1. The van der Waals surface area contributed by atoms with Crippen LogP contribution in [0.2, 0.25) is 0 Å². The molecule has 9 nitrogen and oxygen atoms in total. The second-order valence-electron chi connectivity index (χ2n) is 6.04. The third-order valence-electron chi connectivity index (χ3n) is 3.72. The molecule has 0 spiro atoms. The topological polar surface area (TPSA) is 145 Å². The highest BCUT2D eigenvalue weighted by molar-refractivity contribution is 7.89. The zero-order valence-corrected chi connectivity index (χ0v) is 16.4. The number of ether oxygens (including phenoxy) is 1. The van der Waals surface area contributed by atoms with E-state index >= 15 is 0 Å². The Bertz CT molecular complexity index is 975. The molecule has 0 aliphatic carbocycles. The van der Waals surface area contributed by atoms with E-state index in [9.17, 15) is 22.8 Å². The smallest absolute Gasteiger partial charge is 0.308 e. The van der Waals surface area contributed by atoms with Crippen LogP contribution in [-0.2, 0) is 29.1 Å². The van der Waals surface area contributed by atoms with E-state index in [4.69, 9.17) is 10.5 Å². The minimum Gasteiger partial charge on any atom is -0.447 e. The molecule has 2 aromatic rings. The van der Waals surface area contributed by atoms with E-state index in [-0.39, 0.29) is 23.8 Å². The first-order valence-electron chi connectivity index (χ1n) is 8.60. The van der Waals surface area contributed by atoms with Crippen molar-refractivity contribution < 1.29 is 27.5 Å². The van der Waals surface area contributed by atoms with Gasteiger partial charge in [-0.15, -0.1) is 0 Å². The Labute approximate surface area is 168 Å². The van der Waals surface area contributed by atoms with Gasteiger partial charge >= 0.3 is 5.97 Å². The number of nitrogens with two attached hydrogens (primary N) is 1. The molecule has 0 aromatic heterocycles. The van der Waals surface area contributed by atoms with E-state index in [0.29, 0.717) is 11.3 Å². The highest BCUT2D eigenvalue weighted by Gasteiger charge is 2.22. The molecule has 10 heteroatoms. The molecule has 2 amide bonds. The maximum absolute atomic E-state index is 12.3. The van der Waals surface area contributed by atoms with Gasteiger partial charge in [0.05, 0.1) is 11.3 Å². The van der Waals surface area contributed by atoms with Gasteiger partial charge in [-0.3, -0.25) is 14.4 Å². The molecule has 2 rings (SSSR count). The highest BCUT2D eigenvalue weighted by Crippen LogP contribution is 2.17. The van der Waals surface area contributed by atoms with Crippen molar-refractivity contribution in [1.29, 1.82) is 0 Å². The summed E-state index contributed by atoms with van der Waals surface area (Å²) in [5, 5.41) is 2.53. The van der Waals surface area contributed by atoms with Crippen molar-refractivity contribution in [2.75, 3.05) is 11.9 Å². The molecule has 0 saturated heterocycles. The summed E-state index contributed by atoms with van der Waals surface area (Å²) in [7, 11) is -3.86. The van der Waals surface area contributed by atoms with Crippen molar-refractivity contribution in [3.63, 3.8) is 0 Å². The number of esters is 1. The summed E-state index contributed by atoms with van der Waals surface area (Å²) in [6.07, 6.45) is -1.54. The highest BCUT2D eigenvalue weighted by atomic mass is 32.2. The Balaban J connectivity index is 1.91. The minimum absolute atomic E-state index is 0.0285. The van der Waals surface area contributed by atoms with E-state index in [1.807, 2.05) is 0 Å². The minimum atomic E-state index is -3.86. The summed E-state index contributed by atoms with van der Waals surface area (Å²) in [5.74, 6) is -1.88. The number of hydrogen-bond donors (Lipinski definition) is 3. The van der Waals surface area contributed by atoms with Crippen LogP contribution in [-0.4, -0.2) is 32.7 Å². The summed E-state index contributed by atoms with van der Waals surface area (Å²) in [5.41, 5.74) is 6.16.